The largest absolute Gasteiger partial charge is 0.478 e. The van der Waals surface area contributed by atoms with Gasteiger partial charge in [-0.1, -0.05) is 53.5 Å². The second-order valence-corrected chi connectivity index (χ2v) is 8.71. The number of nitrogens with one attached hydrogen (secondary N) is 3. The summed E-state index contributed by atoms with van der Waals surface area (Å²) in [6.07, 6.45) is -1.11. The van der Waals surface area contributed by atoms with Crippen LogP contribution in [0, 0.1) is 0 Å². The quantitative estimate of drug-likeness (QED) is 0.272. The summed E-state index contributed by atoms with van der Waals surface area (Å²) < 4.78 is 5.20. The van der Waals surface area contributed by atoms with Gasteiger partial charge in [-0.3, -0.25) is 9.59 Å². The maximum Gasteiger partial charge on any atom is 0.408 e. The van der Waals surface area contributed by atoms with E-state index in [1.54, 1.807) is 48.5 Å². The average molecular weight is 544 g/mol. The standard InChI is InChI=1S/C26H23Cl2N3O6/c27-17-6-9-19(10-7-17)29-23(32)13-12-22(31-26(36)37-15-16-4-2-1-3-5-16)24(33)30-21-11-8-18(28)14-20(21)25(34)35/h1-11,14,22H,12-13,15H2,(H,29,32)(H,30,33)(H,31,36)(H,34,35). The molecule has 1 unspecified atom stereocenters. The number of carboxylic acids is 1. The summed E-state index contributed by atoms with van der Waals surface area (Å²) in [5, 5.41) is 17.7. The molecule has 0 heterocycles. The van der Waals surface area contributed by atoms with Crippen LogP contribution in [0.5, 0.6) is 0 Å². The lowest BCUT2D eigenvalue weighted by atomic mass is 10.1. The predicted molar refractivity (Wildman–Crippen MR) is 140 cm³/mol. The molecule has 11 heteroatoms. The van der Waals surface area contributed by atoms with E-state index in [1.165, 1.54) is 18.2 Å². The molecule has 0 radical (unpaired) electrons. The zero-order valence-electron chi connectivity index (χ0n) is 19.4. The van der Waals surface area contributed by atoms with Crippen molar-refractivity contribution in [3.05, 3.63) is 94.0 Å². The van der Waals surface area contributed by atoms with E-state index < -0.39 is 29.9 Å². The van der Waals surface area contributed by atoms with Crippen LogP contribution in [0.1, 0.15) is 28.8 Å². The topological polar surface area (TPSA) is 134 Å². The third-order valence-electron chi connectivity index (χ3n) is 5.08. The number of aromatic carboxylic acids is 1. The number of alkyl carbamates (subject to hydrolysis) is 1. The summed E-state index contributed by atoms with van der Waals surface area (Å²) in [5.41, 5.74) is 1.01. The Labute approximate surface area is 222 Å². The number of hydrogen-bond acceptors (Lipinski definition) is 5. The van der Waals surface area contributed by atoms with Gasteiger partial charge in [-0.25, -0.2) is 9.59 Å². The highest BCUT2D eigenvalue weighted by molar-refractivity contribution is 6.31. The molecule has 0 aliphatic rings. The van der Waals surface area contributed by atoms with Gasteiger partial charge in [0.15, 0.2) is 0 Å². The van der Waals surface area contributed by atoms with E-state index in [9.17, 15) is 24.3 Å². The lowest BCUT2D eigenvalue weighted by molar-refractivity contribution is -0.119. The monoisotopic (exact) mass is 543 g/mol. The predicted octanol–water partition coefficient (Wildman–Crippen LogP) is 5.34. The Bertz CT molecular complexity index is 1270. The SMILES string of the molecule is O=C(CCC(NC(=O)OCc1ccccc1)C(=O)Nc1ccc(Cl)cc1C(=O)O)Nc1ccc(Cl)cc1. The van der Waals surface area contributed by atoms with Crippen LogP contribution < -0.4 is 16.0 Å². The van der Waals surface area contributed by atoms with Gasteiger partial charge in [-0.2, -0.15) is 0 Å². The first kappa shape index (κ1) is 27.5. The van der Waals surface area contributed by atoms with Crippen LogP contribution in [0.2, 0.25) is 10.0 Å². The summed E-state index contributed by atoms with van der Waals surface area (Å²) >= 11 is 11.7. The van der Waals surface area contributed by atoms with Gasteiger partial charge in [0, 0.05) is 22.2 Å². The van der Waals surface area contributed by atoms with Crippen LogP contribution in [-0.2, 0) is 20.9 Å². The molecule has 0 saturated carbocycles. The molecule has 37 heavy (non-hydrogen) atoms. The van der Waals surface area contributed by atoms with Gasteiger partial charge in [0.25, 0.3) is 0 Å². The van der Waals surface area contributed by atoms with Crippen molar-refractivity contribution in [3.8, 4) is 0 Å². The molecule has 3 aromatic rings. The molecule has 4 N–H and O–H groups in total. The molecule has 0 bridgehead atoms. The number of amides is 3. The van der Waals surface area contributed by atoms with E-state index in [-0.39, 0.29) is 35.7 Å². The number of benzene rings is 3. The van der Waals surface area contributed by atoms with Crippen molar-refractivity contribution in [2.75, 3.05) is 10.6 Å². The van der Waals surface area contributed by atoms with Gasteiger partial charge < -0.3 is 25.8 Å². The van der Waals surface area contributed by atoms with Gasteiger partial charge in [-0.05, 0) is 54.4 Å². The molecule has 3 rings (SSSR count). The smallest absolute Gasteiger partial charge is 0.408 e. The molecule has 192 valence electrons. The lowest BCUT2D eigenvalue weighted by Crippen LogP contribution is -2.44. The Morgan fingerprint density at radius 3 is 2.22 bits per heavy atom. The fourth-order valence-electron chi connectivity index (χ4n) is 3.23. The van der Waals surface area contributed by atoms with Gasteiger partial charge in [0.1, 0.15) is 12.6 Å². The first-order valence-corrected chi connectivity index (χ1v) is 11.8. The zero-order valence-corrected chi connectivity index (χ0v) is 20.9. The highest BCUT2D eigenvalue weighted by Gasteiger charge is 2.24. The van der Waals surface area contributed by atoms with Gasteiger partial charge >= 0.3 is 12.1 Å². The highest BCUT2D eigenvalue weighted by Crippen LogP contribution is 2.21. The molecule has 3 aromatic carbocycles. The number of carbonyl (C=O) groups excluding carboxylic acids is 3. The van der Waals surface area contributed by atoms with Crippen molar-refractivity contribution < 1.29 is 29.0 Å². The highest BCUT2D eigenvalue weighted by atomic mass is 35.5. The van der Waals surface area contributed by atoms with Crippen LogP contribution in [0.3, 0.4) is 0 Å². The van der Waals surface area contributed by atoms with Crippen molar-refractivity contribution >= 4 is 58.5 Å². The van der Waals surface area contributed by atoms with E-state index in [4.69, 9.17) is 27.9 Å². The van der Waals surface area contributed by atoms with Crippen LogP contribution >= 0.6 is 23.2 Å². The second kappa shape index (κ2) is 13.3. The van der Waals surface area contributed by atoms with Gasteiger partial charge in [0.05, 0.1) is 11.3 Å². The molecule has 3 amide bonds. The zero-order chi connectivity index (χ0) is 26.8. The summed E-state index contributed by atoms with van der Waals surface area (Å²) in [6, 6.07) is 18.1. The van der Waals surface area contributed by atoms with E-state index >= 15 is 0 Å². The first-order chi connectivity index (χ1) is 17.7. The molecule has 9 nitrogen and oxygen atoms in total. The molecular weight excluding hydrogens is 521 g/mol. The molecule has 0 aliphatic carbocycles. The number of carboxylic acid groups (broad SMARTS) is 1. The van der Waals surface area contributed by atoms with E-state index in [0.717, 1.165) is 5.56 Å². The van der Waals surface area contributed by atoms with Gasteiger partial charge in [-0.15, -0.1) is 0 Å². The van der Waals surface area contributed by atoms with Crippen molar-refractivity contribution in [3.63, 3.8) is 0 Å². The number of carbonyl (C=O) groups is 4. The Hall–Kier alpha value is -4.08. The maximum atomic E-state index is 13.0. The first-order valence-electron chi connectivity index (χ1n) is 11.1. The van der Waals surface area contributed by atoms with Crippen molar-refractivity contribution in [2.45, 2.75) is 25.5 Å². The Kier molecular flexibility index (Phi) is 9.88. The second-order valence-electron chi connectivity index (χ2n) is 7.84. The van der Waals surface area contributed by atoms with Crippen LogP contribution in [0.4, 0.5) is 16.2 Å². The van der Waals surface area contributed by atoms with E-state index in [0.29, 0.717) is 10.7 Å². The Morgan fingerprint density at radius 2 is 1.54 bits per heavy atom. The van der Waals surface area contributed by atoms with Crippen molar-refractivity contribution in [1.29, 1.82) is 0 Å². The molecule has 0 fully saturated rings. The molecule has 0 saturated heterocycles. The summed E-state index contributed by atoms with van der Waals surface area (Å²) in [6.45, 7) is -0.0294. The number of hydrogen-bond donors (Lipinski definition) is 4. The average Bonchev–Trinajstić information content (AvgIpc) is 2.88. The minimum Gasteiger partial charge on any atom is -0.478 e. The third-order valence-corrected chi connectivity index (χ3v) is 5.57. The molecule has 0 spiro atoms. The fourth-order valence-corrected chi connectivity index (χ4v) is 3.53. The third kappa shape index (κ3) is 8.82. The van der Waals surface area contributed by atoms with Crippen molar-refractivity contribution in [2.24, 2.45) is 0 Å². The minimum atomic E-state index is -1.30. The molecule has 0 aromatic heterocycles. The number of anilines is 2. The molecule has 1 atom stereocenters. The number of halogens is 2. The van der Waals surface area contributed by atoms with Crippen LogP contribution in [0.25, 0.3) is 0 Å². The van der Waals surface area contributed by atoms with Crippen LogP contribution in [-0.4, -0.2) is 35.0 Å². The Morgan fingerprint density at radius 1 is 0.865 bits per heavy atom. The normalized spacial score (nSPS) is 11.2. The Balaban J connectivity index is 1.68. The lowest BCUT2D eigenvalue weighted by Gasteiger charge is -2.19. The van der Waals surface area contributed by atoms with Crippen molar-refractivity contribution in [1.82, 2.24) is 5.32 Å². The number of rotatable bonds is 10. The molecule has 0 aliphatic heterocycles. The maximum absolute atomic E-state index is 13.0. The van der Waals surface area contributed by atoms with Crippen LogP contribution in [0.15, 0.2) is 72.8 Å². The summed E-state index contributed by atoms with van der Waals surface area (Å²) in [7, 11) is 0. The minimum absolute atomic E-state index is 0.0167. The number of ether oxygens (including phenoxy) is 1. The summed E-state index contributed by atoms with van der Waals surface area (Å²) in [5.74, 6) is -2.44. The van der Waals surface area contributed by atoms with E-state index in [1.807, 2.05) is 6.07 Å². The molecular formula is C26H23Cl2N3O6. The van der Waals surface area contributed by atoms with E-state index in [2.05, 4.69) is 16.0 Å². The fraction of sp³-hybridized carbons (Fsp3) is 0.154. The van der Waals surface area contributed by atoms with Gasteiger partial charge in [0.2, 0.25) is 11.8 Å². The summed E-state index contributed by atoms with van der Waals surface area (Å²) in [4.78, 5) is 49.5.